The highest BCUT2D eigenvalue weighted by molar-refractivity contribution is 5.95. The highest BCUT2D eigenvalue weighted by atomic mass is 19.1. The summed E-state index contributed by atoms with van der Waals surface area (Å²) in [5.74, 6) is 5.84. The zero-order valence-electron chi connectivity index (χ0n) is 15.2. The lowest BCUT2D eigenvalue weighted by atomic mass is 10.1. The smallest absolute Gasteiger partial charge is 0.123 e. The van der Waals surface area contributed by atoms with E-state index in [9.17, 15) is 4.39 Å². The lowest BCUT2D eigenvalue weighted by Gasteiger charge is -2.13. The van der Waals surface area contributed by atoms with Crippen molar-refractivity contribution in [2.24, 2.45) is 16.1 Å². The van der Waals surface area contributed by atoms with Crippen molar-refractivity contribution in [2.75, 3.05) is 12.1 Å². The van der Waals surface area contributed by atoms with Crippen molar-refractivity contribution in [2.45, 2.75) is 0 Å². The number of para-hydroxylation sites is 1. The van der Waals surface area contributed by atoms with E-state index >= 15 is 0 Å². The fraction of sp³-hybridized carbons (Fsp3) is 0.0455. The third kappa shape index (κ3) is 4.80. The summed E-state index contributed by atoms with van der Waals surface area (Å²) in [4.78, 5) is 0. The largest absolute Gasteiger partial charge is 0.384 e. The van der Waals surface area contributed by atoms with Gasteiger partial charge in [0.2, 0.25) is 0 Å². The Morgan fingerprint density at radius 1 is 0.964 bits per heavy atom. The van der Waals surface area contributed by atoms with E-state index in [2.05, 4.69) is 22.2 Å². The maximum absolute atomic E-state index is 13.0. The van der Waals surface area contributed by atoms with Gasteiger partial charge in [0.25, 0.3) is 0 Å². The molecule has 0 aliphatic rings. The van der Waals surface area contributed by atoms with Gasteiger partial charge in [-0.15, -0.1) is 5.11 Å². The van der Waals surface area contributed by atoms with Crippen molar-refractivity contribution in [1.82, 2.24) is 0 Å². The first kappa shape index (κ1) is 18.8. The number of anilines is 1. The highest BCUT2D eigenvalue weighted by Crippen LogP contribution is 2.21. The van der Waals surface area contributed by atoms with E-state index in [0.29, 0.717) is 11.3 Å². The number of hydrogen-bond donors (Lipinski definition) is 2. The molecule has 0 aromatic heterocycles. The summed E-state index contributed by atoms with van der Waals surface area (Å²) in [5, 5.41) is 17.5. The van der Waals surface area contributed by atoms with E-state index in [1.165, 1.54) is 12.1 Å². The van der Waals surface area contributed by atoms with E-state index < -0.39 is 0 Å². The van der Waals surface area contributed by atoms with Gasteiger partial charge in [0.15, 0.2) is 0 Å². The Labute approximate surface area is 162 Å². The molecule has 0 atom stereocenters. The molecule has 0 aliphatic heterocycles. The number of nitrogens with zero attached hydrogens (tertiary/aromatic N) is 3. The molecule has 0 fully saturated rings. The number of nitrogen functional groups attached to an aromatic ring is 1. The van der Waals surface area contributed by atoms with Crippen LogP contribution in [0.2, 0.25) is 0 Å². The van der Waals surface area contributed by atoms with E-state index in [1.807, 2.05) is 24.3 Å². The molecule has 5 nitrogen and oxygen atoms in total. The molecule has 0 spiro atoms. The van der Waals surface area contributed by atoms with Crippen LogP contribution in [0.25, 0.3) is 0 Å². The Balaban J connectivity index is 1.80. The second-order valence-electron chi connectivity index (χ2n) is 5.95. The van der Waals surface area contributed by atoms with Gasteiger partial charge in [-0.3, -0.25) is 5.41 Å². The van der Waals surface area contributed by atoms with Crippen molar-refractivity contribution >= 4 is 17.2 Å². The van der Waals surface area contributed by atoms with Gasteiger partial charge in [0.1, 0.15) is 11.7 Å². The van der Waals surface area contributed by atoms with Crippen molar-refractivity contribution in [3.8, 4) is 11.8 Å². The van der Waals surface area contributed by atoms with Crippen LogP contribution < -0.4 is 10.7 Å². The number of benzene rings is 3. The second kappa shape index (κ2) is 8.60. The molecule has 0 aliphatic carbocycles. The maximum Gasteiger partial charge on any atom is 0.123 e. The van der Waals surface area contributed by atoms with Crippen molar-refractivity contribution in [1.29, 1.82) is 5.41 Å². The third-order valence-corrected chi connectivity index (χ3v) is 3.91. The molecule has 0 unspecified atom stereocenters. The first-order chi connectivity index (χ1) is 13.5. The van der Waals surface area contributed by atoms with Crippen LogP contribution >= 0.6 is 0 Å². The molecule has 3 aromatic carbocycles. The predicted molar refractivity (Wildman–Crippen MR) is 109 cm³/mol. The first-order valence-corrected chi connectivity index (χ1v) is 8.49. The molecule has 0 radical (unpaired) electrons. The number of nitrogens with one attached hydrogen (secondary N) is 1. The Hall–Kier alpha value is -3.98. The summed E-state index contributed by atoms with van der Waals surface area (Å²) in [7, 11) is 1.78. The Morgan fingerprint density at radius 3 is 2.32 bits per heavy atom. The summed E-state index contributed by atoms with van der Waals surface area (Å²) < 4.78 is 13.0. The van der Waals surface area contributed by atoms with Gasteiger partial charge in [-0.05, 0) is 60.7 Å². The van der Waals surface area contributed by atoms with Gasteiger partial charge in [-0.25, -0.2) is 9.40 Å². The molecule has 3 aromatic rings. The minimum atomic E-state index is -0.289. The van der Waals surface area contributed by atoms with Crippen molar-refractivity contribution < 1.29 is 4.39 Å². The normalized spacial score (nSPS) is 10.4. The fourth-order valence-corrected chi connectivity index (χ4v) is 2.41. The topological polar surface area (TPSA) is 77.8 Å². The van der Waals surface area contributed by atoms with Gasteiger partial charge >= 0.3 is 0 Å². The van der Waals surface area contributed by atoms with Crippen molar-refractivity contribution in [3.63, 3.8) is 0 Å². The maximum atomic E-state index is 13.0. The van der Waals surface area contributed by atoms with E-state index in [1.54, 1.807) is 48.5 Å². The van der Waals surface area contributed by atoms with E-state index in [0.717, 1.165) is 16.8 Å². The van der Waals surface area contributed by atoms with Crippen LogP contribution in [-0.2, 0) is 0 Å². The number of nitrogens with two attached hydrogens (primary N) is 1. The average Bonchev–Trinajstić information content (AvgIpc) is 2.72. The first-order valence-electron chi connectivity index (χ1n) is 8.49. The molecule has 0 bridgehead atoms. The van der Waals surface area contributed by atoms with Gasteiger partial charge in [0, 0.05) is 18.2 Å². The van der Waals surface area contributed by atoms with Crippen LogP contribution in [0, 0.1) is 23.1 Å². The van der Waals surface area contributed by atoms with Crippen LogP contribution in [0.3, 0.4) is 0 Å². The molecule has 3 N–H and O–H groups in total. The minimum absolute atomic E-state index is 0.00858. The zero-order chi connectivity index (χ0) is 19.9. The number of rotatable bonds is 4. The lowest BCUT2D eigenvalue weighted by Crippen LogP contribution is -2.10. The lowest BCUT2D eigenvalue weighted by molar-refractivity contribution is 0.627. The molecule has 0 saturated carbocycles. The van der Waals surface area contributed by atoms with Crippen LogP contribution in [-0.4, -0.2) is 12.9 Å². The Bertz CT molecular complexity index is 1060. The summed E-state index contributed by atoms with van der Waals surface area (Å²) in [6.45, 7) is 0. The average molecular weight is 371 g/mol. The molecular weight excluding hydrogens is 353 g/mol. The monoisotopic (exact) mass is 371 g/mol. The third-order valence-electron chi connectivity index (χ3n) is 3.91. The van der Waals surface area contributed by atoms with E-state index in [4.69, 9.17) is 11.1 Å². The SMILES string of the molecule is CN(/N=N/c1ccc(C(=N)N)cc1)c1ccccc1C#Cc1ccc(F)cc1. The van der Waals surface area contributed by atoms with Crippen LogP contribution in [0.4, 0.5) is 15.8 Å². The second-order valence-corrected chi connectivity index (χ2v) is 5.95. The molecular formula is C22H18FN5. The van der Waals surface area contributed by atoms with Crippen LogP contribution in [0.15, 0.2) is 83.1 Å². The highest BCUT2D eigenvalue weighted by Gasteiger charge is 2.04. The Kier molecular flexibility index (Phi) is 5.78. The van der Waals surface area contributed by atoms with E-state index in [-0.39, 0.29) is 11.7 Å². The van der Waals surface area contributed by atoms with Crippen molar-refractivity contribution in [3.05, 3.63) is 95.3 Å². The molecule has 3 rings (SSSR count). The summed E-state index contributed by atoms with van der Waals surface area (Å²) in [6, 6.07) is 20.5. The van der Waals surface area contributed by atoms with Gasteiger partial charge < -0.3 is 5.73 Å². The number of amidine groups is 1. The van der Waals surface area contributed by atoms with Gasteiger partial charge in [-0.2, -0.15) is 0 Å². The van der Waals surface area contributed by atoms with Crippen LogP contribution in [0.1, 0.15) is 16.7 Å². The molecule has 28 heavy (non-hydrogen) atoms. The molecule has 0 saturated heterocycles. The van der Waals surface area contributed by atoms with Gasteiger partial charge in [0.05, 0.1) is 16.9 Å². The quantitative estimate of drug-likeness (QED) is 0.230. The van der Waals surface area contributed by atoms with Gasteiger partial charge in [-0.1, -0.05) is 29.2 Å². The summed E-state index contributed by atoms with van der Waals surface area (Å²) in [6.07, 6.45) is 0. The molecule has 6 heteroatoms. The fourth-order valence-electron chi connectivity index (χ4n) is 2.41. The summed E-state index contributed by atoms with van der Waals surface area (Å²) in [5.41, 5.74) is 9.02. The standard InChI is InChI=1S/C22H18FN5/c1-28(27-26-20-14-10-18(11-15-20)22(24)25)21-5-3-2-4-17(21)9-6-16-7-12-19(23)13-8-16/h2-5,7-8,10-15H,1H3,(H3,24,25)/b27-26+. The predicted octanol–water partition coefficient (Wildman–Crippen LogP) is 4.64. The molecule has 138 valence electrons. The minimum Gasteiger partial charge on any atom is -0.384 e. The summed E-state index contributed by atoms with van der Waals surface area (Å²) >= 11 is 0. The molecule has 0 amide bonds. The Morgan fingerprint density at radius 2 is 1.64 bits per heavy atom. The zero-order valence-corrected chi connectivity index (χ0v) is 15.2. The number of halogens is 1. The van der Waals surface area contributed by atoms with Crippen LogP contribution in [0.5, 0.6) is 0 Å². The number of hydrogen-bond acceptors (Lipinski definition) is 3. The molecule has 0 heterocycles.